The fraction of sp³-hybridized carbons (Fsp3) is 0.562. The van der Waals surface area contributed by atoms with Crippen LogP contribution in [0.2, 0.25) is 0 Å². The van der Waals surface area contributed by atoms with Gasteiger partial charge >= 0.3 is 6.03 Å². The SMILES string of the molecule is O=C(NC[C@@H]1CCc2ccccc21)NO[C@@H]1CCCCO1. The molecule has 2 N–H and O–H groups in total. The second-order valence-corrected chi connectivity index (χ2v) is 5.66. The lowest BCUT2D eigenvalue weighted by molar-refractivity contribution is -0.186. The maximum atomic E-state index is 11.8. The molecule has 0 bridgehead atoms. The molecule has 114 valence electrons. The molecule has 2 aliphatic rings. The van der Waals surface area contributed by atoms with Crippen molar-refractivity contribution in [2.75, 3.05) is 13.2 Å². The largest absolute Gasteiger partial charge is 0.350 e. The van der Waals surface area contributed by atoms with Crippen LogP contribution in [0.25, 0.3) is 0 Å². The standard InChI is InChI=1S/C16H22N2O3/c19-16(18-21-15-7-3-4-10-20-15)17-11-13-9-8-12-5-1-2-6-14(12)13/h1-2,5-6,13,15H,3-4,7-11H2,(H2,17,18,19)/t13-,15+/m0/s1. The average Bonchev–Trinajstić information content (AvgIpc) is 2.95. The molecule has 1 fully saturated rings. The third-order valence-corrected chi connectivity index (χ3v) is 4.19. The van der Waals surface area contributed by atoms with Gasteiger partial charge in [-0.2, -0.15) is 0 Å². The Morgan fingerprint density at radius 2 is 2.19 bits per heavy atom. The normalized spacial score (nSPS) is 24.4. The van der Waals surface area contributed by atoms with Crippen LogP contribution in [0.3, 0.4) is 0 Å². The average molecular weight is 290 g/mol. The number of fused-ring (bicyclic) bond motifs is 1. The van der Waals surface area contributed by atoms with Gasteiger partial charge < -0.3 is 10.1 Å². The first-order valence-corrected chi connectivity index (χ1v) is 7.72. The highest BCUT2D eigenvalue weighted by Crippen LogP contribution is 2.32. The highest BCUT2D eigenvalue weighted by atomic mass is 16.8. The third-order valence-electron chi connectivity index (χ3n) is 4.19. The molecule has 1 saturated heterocycles. The van der Waals surface area contributed by atoms with E-state index in [4.69, 9.17) is 9.57 Å². The van der Waals surface area contributed by atoms with E-state index in [0.717, 1.165) is 32.1 Å². The molecular formula is C16H22N2O3. The maximum absolute atomic E-state index is 11.8. The highest BCUT2D eigenvalue weighted by molar-refractivity contribution is 5.72. The number of aryl methyl sites for hydroxylation is 1. The van der Waals surface area contributed by atoms with E-state index in [2.05, 4.69) is 35.1 Å². The maximum Gasteiger partial charge on any atom is 0.338 e. The number of urea groups is 1. The summed E-state index contributed by atoms with van der Waals surface area (Å²) in [4.78, 5) is 17.0. The number of benzene rings is 1. The van der Waals surface area contributed by atoms with Crippen LogP contribution in [-0.2, 0) is 16.0 Å². The summed E-state index contributed by atoms with van der Waals surface area (Å²) in [6.45, 7) is 1.34. The molecule has 0 unspecified atom stereocenters. The number of hydrogen-bond donors (Lipinski definition) is 2. The summed E-state index contributed by atoms with van der Waals surface area (Å²) in [6, 6.07) is 8.14. The second-order valence-electron chi connectivity index (χ2n) is 5.66. The van der Waals surface area contributed by atoms with Gasteiger partial charge in [0.25, 0.3) is 0 Å². The summed E-state index contributed by atoms with van der Waals surface area (Å²) in [5.74, 6) is 0.401. The number of ether oxygens (including phenoxy) is 1. The number of rotatable bonds is 4. The van der Waals surface area contributed by atoms with E-state index in [-0.39, 0.29) is 12.3 Å². The lowest BCUT2D eigenvalue weighted by Gasteiger charge is -2.22. The van der Waals surface area contributed by atoms with Crippen LogP contribution in [0, 0.1) is 0 Å². The van der Waals surface area contributed by atoms with Gasteiger partial charge in [0.15, 0.2) is 6.29 Å². The Balaban J connectivity index is 1.40. The first-order chi connectivity index (χ1) is 10.3. The van der Waals surface area contributed by atoms with Crippen LogP contribution in [0.15, 0.2) is 24.3 Å². The van der Waals surface area contributed by atoms with Gasteiger partial charge in [0, 0.05) is 25.5 Å². The van der Waals surface area contributed by atoms with Gasteiger partial charge in [0.2, 0.25) is 0 Å². The highest BCUT2D eigenvalue weighted by Gasteiger charge is 2.22. The van der Waals surface area contributed by atoms with Gasteiger partial charge in [-0.05, 0) is 36.8 Å². The van der Waals surface area contributed by atoms with Gasteiger partial charge in [-0.1, -0.05) is 24.3 Å². The molecule has 5 heteroatoms. The molecule has 21 heavy (non-hydrogen) atoms. The van der Waals surface area contributed by atoms with Crippen molar-refractivity contribution >= 4 is 6.03 Å². The van der Waals surface area contributed by atoms with Gasteiger partial charge in [0.1, 0.15) is 0 Å². The molecule has 5 nitrogen and oxygen atoms in total. The molecule has 2 atom stereocenters. The quantitative estimate of drug-likeness (QED) is 0.838. The van der Waals surface area contributed by atoms with Crippen LogP contribution in [0.5, 0.6) is 0 Å². The molecule has 0 saturated carbocycles. The first kappa shape index (κ1) is 14.4. The minimum absolute atomic E-state index is 0.298. The van der Waals surface area contributed by atoms with Crippen LogP contribution in [0.4, 0.5) is 4.79 Å². The summed E-state index contributed by atoms with van der Waals surface area (Å²) in [6.07, 6.45) is 4.84. The van der Waals surface area contributed by atoms with Crippen molar-refractivity contribution in [1.82, 2.24) is 10.8 Å². The van der Waals surface area contributed by atoms with E-state index in [1.165, 1.54) is 11.1 Å². The lowest BCUT2D eigenvalue weighted by atomic mass is 10.0. The van der Waals surface area contributed by atoms with Gasteiger partial charge in [-0.3, -0.25) is 0 Å². The number of carbonyl (C=O) groups excluding carboxylic acids is 1. The minimum Gasteiger partial charge on any atom is -0.350 e. The van der Waals surface area contributed by atoms with Crippen molar-refractivity contribution in [3.63, 3.8) is 0 Å². The summed E-state index contributed by atoms with van der Waals surface area (Å²) < 4.78 is 5.39. The summed E-state index contributed by atoms with van der Waals surface area (Å²) >= 11 is 0. The van der Waals surface area contributed by atoms with Crippen LogP contribution in [-0.4, -0.2) is 25.5 Å². The van der Waals surface area contributed by atoms with Crippen molar-refractivity contribution in [2.24, 2.45) is 0 Å². The summed E-state index contributed by atoms with van der Waals surface area (Å²) in [7, 11) is 0. The lowest BCUT2D eigenvalue weighted by Crippen LogP contribution is -2.40. The molecule has 1 heterocycles. The van der Waals surface area contributed by atoms with Crippen molar-refractivity contribution in [2.45, 2.75) is 44.3 Å². The molecule has 1 aromatic rings. The van der Waals surface area contributed by atoms with E-state index >= 15 is 0 Å². The number of hydroxylamine groups is 1. The van der Waals surface area contributed by atoms with Crippen LogP contribution >= 0.6 is 0 Å². The minimum atomic E-state index is -0.309. The molecule has 0 aromatic heterocycles. The van der Waals surface area contributed by atoms with Gasteiger partial charge in [0.05, 0.1) is 0 Å². The monoisotopic (exact) mass is 290 g/mol. The Kier molecular flexibility index (Phi) is 4.72. The Morgan fingerprint density at radius 3 is 3.05 bits per heavy atom. The van der Waals surface area contributed by atoms with E-state index in [0.29, 0.717) is 19.1 Å². The van der Waals surface area contributed by atoms with Crippen molar-refractivity contribution in [1.29, 1.82) is 0 Å². The smallest absolute Gasteiger partial charge is 0.338 e. The van der Waals surface area contributed by atoms with Crippen LogP contribution in [0.1, 0.15) is 42.7 Å². The molecule has 1 aromatic carbocycles. The topological polar surface area (TPSA) is 59.6 Å². The van der Waals surface area contributed by atoms with Crippen molar-refractivity contribution in [3.05, 3.63) is 35.4 Å². The molecular weight excluding hydrogens is 268 g/mol. The fourth-order valence-electron chi connectivity index (χ4n) is 3.03. The third kappa shape index (κ3) is 3.74. The number of carbonyl (C=O) groups is 1. The number of amides is 2. The Hall–Kier alpha value is -1.59. The zero-order valence-corrected chi connectivity index (χ0v) is 12.1. The zero-order chi connectivity index (χ0) is 14.5. The van der Waals surface area contributed by atoms with Crippen molar-refractivity contribution in [3.8, 4) is 0 Å². The molecule has 3 rings (SSSR count). The molecule has 2 amide bonds. The Morgan fingerprint density at radius 1 is 1.29 bits per heavy atom. The molecule has 0 spiro atoms. The van der Waals surface area contributed by atoms with E-state index < -0.39 is 0 Å². The predicted molar refractivity (Wildman–Crippen MR) is 78.7 cm³/mol. The first-order valence-electron chi connectivity index (χ1n) is 7.72. The van der Waals surface area contributed by atoms with E-state index in [9.17, 15) is 4.79 Å². The molecule has 1 aliphatic carbocycles. The van der Waals surface area contributed by atoms with E-state index in [1.54, 1.807) is 0 Å². The Bertz CT molecular complexity index is 486. The summed E-state index contributed by atoms with van der Waals surface area (Å²) in [5.41, 5.74) is 5.18. The Labute approximate surface area is 125 Å². The van der Waals surface area contributed by atoms with Crippen LogP contribution < -0.4 is 10.8 Å². The molecule has 1 aliphatic heterocycles. The second kappa shape index (κ2) is 6.91. The van der Waals surface area contributed by atoms with Gasteiger partial charge in [-0.15, -0.1) is 0 Å². The predicted octanol–water partition coefficient (Wildman–Crippen LogP) is 2.47. The number of nitrogens with one attached hydrogen (secondary N) is 2. The zero-order valence-electron chi connectivity index (χ0n) is 12.1. The van der Waals surface area contributed by atoms with Crippen molar-refractivity contribution < 1.29 is 14.4 Å². The molecule has 0 radical (unpaired) electrons. The van der Waals surface area contributed by atoms with Gasteiger partial charge in [-0.25, -0.2) is 15.1 Å². The fourth-order valence-corrected chi connectivity index (χ4v) is 3.03. The summed E-state index contributed by atoms with van der Waals surface area (Å²) in [5, 5.41) is 2.87. The van der Waals surface area contributed by atoms with E-state index in [1.807, 2.05) is 0 Å². The number of hydrogen-bond acceptors (Lipinski definition) is 3.